The highest BCUT2D eigenvalue weighted by Crippen LogP contribution is 2.68. The Balaban J connectivity index is 1.53. The topological polar surface area (TPSA) is 174 Å². The van der Waals surface area contributed by atoms with Gasteiger partial charge in [-0.25, -0.2) is 14.4 Å². The minimum Gasteiger partial charge on any atom is -0.456 e. The third-order valence-electron chi connectivity index (χ3n) is 13.7. The first-order valence-electron chi connectivity index (χ1n) is 21.1. The van der Waals surface area contributed by atoms with Crippen LogP contribution in [-0.4, -0.2) is 109 Å². The Labute approximate surface area is 354 Å². The summed E-state index contributed by atoms with van der Waals surface area (Å²) in [6.07, 6.45) is -5.12. The van der Waals surface area contributed by atoms with E-state index in [0.29, 0.717) is 18.4 Å². The van der Waals surface area contributed by atoms with E-state index in [0.717, 1.165) is 5.57 Å². The molecular formula is C46H65NO13. The molecule has 14 nitrogen and oxygen atoms in total. The third kappa shape index (κ3) is 7.80. The fourth-order valence-corrected chi connectivity index (χ4v) is 11.2. The molecule has 14 heteroatoms. The van der Waals surface area contributed by atoms with Crippen LogP contribution in [0.25, 0.3) is 0 Å². The maximum absolute atomic E-state index is 14.5. The number of amides is 1. The van der Waals surface area contributed by atoms with Crippen LogP contribution in [0.3, 0.4) is 0 Å². The minimum atomic E-state index is -1.98. The summed E-state index contributed by atoms with van der Waals surface area (Å²) >= 11 is 0. The number of carbonyl (C=O) groups excluding carboxylic acids is 4. The zero-order chi connectivity index (χ0) is 44.3. The largest absolute Gasteiger partial charge is 0.456 e. The van der Waals surface area contributed by atoms with E-state index in [2.05, 4.69) is 11.9 Å². The first-order valence-corrected chi connectivity index (χ1v) is 21.1. The summed E-state index contributed by atoms with van der Waals surface area (Å²) in [5.41, 5.74) is -4.69. The first kappa shape index (κ1) is 45.7. The van der Waals surface area contributed by atoms with Gasteiger partial charge in [-0.3, -0.25) is 4.79 Å². The highest BCUT2D eigenvalue weighted by molar-refractivity contribution is 5.89. The lowest BCUT2D eigenvalue weighted by Gasteiger charge is -2.71. The lowest BCUT2D eigenvalue weighted by Crippen LogP contribution is -2.83. The SMILES string of the molecule is C=C[C@H]1O[C@H]2CC3OC[C@@]3(OC(C)=O)[C@H]3[C@H](OC(=O)c4ccccc4)[C@]4(O)CC(OC(=O)[C@H](OC)[C@H](CC(C)C)NC(=O)OC(C)(C)C)C(C)=C([C@H](C)[C@H](O1)[C@]23C)C4(C)C. The molecule has 1 aromatic rings. The number of nitrogens with one attached hydrogen (secondary N) is 1. The lowest BCUT2D eigenvalue weighted by atomic mass is 9.43. The van der Waals surface area contributed by atoms with Crippen LogP contribution in [0, 0.1) is 28.6 Å². The van der Waals surface area contributed by atoms with Gasteiger partial charge >= 0.3 is 24.0 Å². The van der Waals surface area contributed by atoms with E-state index in [1.807, 2.05) is 48.5 Å². The van der Waals surface area contributed by atoms with Gasteiger partial charge in [0.1, 0.15) is 29.5 Å². The van der Waals surface area contributed by atoms with Crippen LogP contribution in [0.4, 0.5) is 4.79 Å². The van der Waals surface area contributed by atoms with Crippen molar-refractivity contribution in [3.05, 3.63) is 59.7 Å². The molecule has 2 bridgehead atoms. The predicted octanol–water partition coefficient (Wildman–Crippen LogP) is 6.23. The quantitative estimate of drug-likeness (QED) is 0.146. The van der Waals surface area contributed by atoms with Crippen molar-refractivity contribution in [3.8, 4) is 0 Å². The number of fused-ring (bicyclic) bond motifs is 4. The van der Waals surface area contributed by atoms with E-state index >= 15 is 0 Å². The lowest BCUT2D eigenvalue weighted by molar-refractivity contribution is -0.403. The smallest absolute Gasteiger partial charge is 0.407 e. The summed E-state index contributed by atoms with van der Waals surface area (Å²) in [4.78, 5) is 55.1. The molecule has 332 valence electrons. The molecule has 4 fully saturated rings. The van der Waals surface area contributed by atoms with Crippen molar-refractivity contribution in [1.29, 1.82) is 0 Å². The number of carbonyl (C=O) groups is 4. The number of aliphatic hydroxyl groups is 1. The van der Waals surface area contributed by atoms with Crippen molar-refractivity contribution in [2.75, 3.05) is 13.7 Å². The highest BCUT2D eigenvalue weighted by Gasteiger charge is 2.79. The van der Waals surface area contributed by atoms with Crippen LogP contribution in [0.15, 0.2) is 54.1 Å². The Hall–Kier alpha value is -3.82. The van der Waals surface area contributed by atoms with Gasteiger partial charge in [0, 0.05) is 43.6 Å². The van der Waals surface area contributed by atoms with Crippen LogP contribution >= 0.6 is 0 Å². The van der Waals surface area contributed by atoms with Gasteiger partial charge in [-0.15, -0.1) is 0 Å². The molecule has 0 radical (unpaired) electrons. The Morgan fingerprint density at radius 2 is 1.72 bits per heavy atom. The zero-order valence-corrected chi connectivity index (χ0v) is 37.2. The third-order valence-corrected chi connectivity index (χ3v) is 13.7. The number of hydrogen-bond donors (Lipinski definition) is 2. The van der Waals surface area contributed by atoms with E-state index in [9.17, 15) is 24.3 Å². The summed E-state index contributed by atoms with van der Waals surface area (Å²) in [5.74, 6) is -3.42. The van der Waals surface area contributed by atoms with Crippen LogP contribution in [0.2, 0.25) is 0 Å². The molecule has 0 aromatic heterocycles. The molecule has 1 amide bonds. The van der Waals surface area contributed by atoms with Crippen molar-refractivity contribution < 1.29 is 62.2 Å². The minimum absolute atomic E-state index is 0.0242. The molecule has 3 aliphatic carbocycles. The molecule has 2 unspecified atom stereocenters. The van der Waals surface area contributed by atoms with Gasteiger partial charge in [0.25, 0.3) is 0 Å². The van der Waals surface area contributed by atoms with Crippen molar-refractivity contribution >= 4 is 24.0 Å². The fraction of sp³-hybridized carbons (Fsp3) is 0.696. The maximum Gasteiger partial charge on any atom is 0.407 e. The summed E-state index contributed by atoms with van der Waals surface area (Å²) < 4.78 is 50.4. The number of methoxy groups -OCH3 is 1. The summed E-state index contributed by atoms with van der Waals surface area (Å²) in [5, 5.41) is 16.7. The number of benzene rings is 1. The van der Waals surface area contributed by atoms with Crippen molar-refractivity contribution in [2.45, 2.75) is 161 Å². The second-order valence-corrected chi connectivity index (χ2v) is 19.5. The second-order valence-electron chi connectivity index (χ2n) is 19.5. The van der Waals surface area contributed by atoms with E-state index in [1.54, 1.807) is 57.2 Å². The van der Waals surface area contributed by atoms with Crippen LogP contribution in [-0.2, 0) is 47.5 Å². The molecule has 2 saturated carbocycles. The van der Waals surface area contributed by atoms with Gasteiger partial charge in [0.15, 0.2) is 18.0 Å². The van der Waals surface area contributed by atoms with Crippen molar-refractivity contribution in [1.82, 2.24) is 5.32 Å². The molecule has 1 aromatic carbocycles. The normalized spacial score (nSPS) is 36.4. The molecule has 5 aliphatic rings. The molecule has 60 heavy (non-hydrogen) atoms. The molecule has 2 aliphatic heterocycles. The van der Waals surface area contributed by atoms with Crippen molar-refractivity contribution in [3.63, 3.8) is 0 Å². The van der Waals surface area contributed by atoms with E-state index in [-0.39, 0.29) is 24.5 Å². The van der Waals surface area contributed by atoms with Gasteiger partial charge in [-0.05, 0) is 63.8 Å². The Morgan fingerprint density at radius 3 is 2.27 bits per heavy atom. The summed E-state index contributed by atoms with van der Waals surface area (Å²) in [6, 6.07) is 7.63. The molecule has 2 N–H and O–H groups in total. The predicted molar refractivity (Wildman–Crippen MR) is 218 cm³/mol. The maximum atomic E-state index is 14.5. The average Bonchev–Trinajstić information content (AvgIpc) is 3.13. The number of alkyl carbamates (subject to hydrolysis) is 1. The molecule has 6 rings (SSSR count). The van der Waals surface area contributed by atoms with E-state index in [1.165, 1.54) is 14.0 Å². The van der Waals surface area contributed by atoms with Crippen LogP contribution < -0.4 is 5.32 Å². The zero-order valence-electron chi connectivity index (χ0n) is 37.2. The number of ether oxygens (including phenoxy) is 8. The van der Waals surface area contributed by atoms with Gasteiger partial charge in [-0.2, -0.15) is 0 Å². The van der Waals surface area contributed by atoms with Crippen molar-refractivity contribution in [2.24, 2.45) is 28.6 Å². The van der Waals surface area contributed by atoms with Gasteiger partial charge in [0.2, 0.25) is 0 Å². The van der Waals surface area contributed by atoms with Crippen LogP contribution in [0.1, 0.15) is 106 Å². The van der Waals surface area contributed by atoms with E-state index in [4.69, 9.17) is 37.9 Å². The molecule has 13 atom stereocenters. The molecule has 2 heterocycles. The van der Waals surface area contributed by atoms with Crippen LogP contribution in [0.5, 0.6) is 0 Å². The average molecular weight is 840 g/mol. The number of hydrogen-bond acceptors (Lipinski definition) is 13. The van der Waals surface area contributed by atoms with Gasteiger partial charge < -0.3 is 48.3 Å². The summed E-state index contributed by atoms with van der Waals surface area (Å²) in [7, 11) is 1.37. The number of esters is 3. The Kier molecular flexibility index (Phi) is 12.5. The Morgan fingerprint density at radius 1 is 1.05 bits per heavy atom. The highest BCUT2D eigenvalue weighted by atomic mass is 16.7. The number of rotatable bonds is 11. The fourth-order valence-electron chi connectivity index (χ4n) is 11.2. The standard InChI is InChI=1S/C46H65NO13/c1-14-33-56-31-21-32-45(23-54-32,59-27(6)48)36-38(58-39(49)28-18-16-15-17-19-28)46(52)22-30(25(4)34(43(46,10)11)26(5)37(57-33)44(31,36)12)55-40(50)35(53-13)29(20-24(2)3)47-41(51)60-42(7,8)9/h14-19,24,26,29-33,35-38,52H,1,20-23H2,2-13H3,(H,47,51)/t26-,29-,30?,31-,32?,33-,35+,36-,37-,38-,44+,45-,46+/m0/s1. The molecule has 0 spiro atoms. The monoisotopic (exact) mass is 839 g/mol. The van der Waals surface area contributed by atoms with Gasteiger partial charge in [0.05, 0.1) is 36.3 Å². The Bertz CT molecular complexity index is 1850. The second kappa shape index (κ2) is 16.5. The molecule has 2 saturated heterocycles. The summed E-state index contributed by atoms with van der Waals surface area (Å²) in [6.45, 7) is 24.1. The van der Waals surface area contributed by atoms with E-state index < -0.39 is 112 Å². The molecular weight excluding hydrogens is 774 g/mol. The van der Waals surface area contributed by atoms with Gasteiger partial charge in [-0.1, -0.05) is 71.9 Å². The first-order chi connectivity index (χ1) is 27.9.